The van der Waals surface area contributed by atoms with Crippen molar-refractivity contribution in [2.24, 2.45) is 0 Å². The van der Waals surface area contributed by atoms with Crippen LogP contribution in [0.3, 0.4) is 0 Å². The molecule has 9 heteroatoms. The maximum atomic E-state index is 12.7. The van der Waals surface area contributed by atoms with E-state index < -0.39 is 0 Å². The van der Waals surface area contributed by atoms with Crippen LogP contribution in [0.5, 0.6) is 11.5 Å². The van der Waals surface area contributed by atoms with Gasteiger partial charge >= 0.3 is 0 Å². The van der Waals surface area contributed by atoms with E-state index in [1.807, 2.05) is 47.9 Å². The number of aromatic nitrogens is 3. The molecule has 0 spiro atoms. The number of benzene rings is 3. The number of methoxy groups -OCH3 is 1. The van der Waals surface area contributed by atoms with Crippen molar-refractivity contribution in [3.05, 3.63) is 94.2 Å². The first-order valence-electron chi connectivity index (χ1n) is 11.0. The highest BCUT2D eigenvalue weighted by Crippen LogP contribution is 2.27. The number of nitrogens with zero attached hydrogens (tertiary/aromatic N) is 3. The second-order valence-corrected chi connectivity index (χ2v) is 9.35. The maximum absolute atomic E-state index is 12.7. The highest BCUT2D eigenvalue weighted by molar-refractivity contribution is 9.10. The van der Waals surface area contributed by atoms with Gasteiger partial charge in [0.05, 0.1) is 20.3 Å². The molecular weight excluding hydrogens is 528 g/mol. The zero-order chi connectivity index (χ0) is 24.6. The molecule has 0 aliphatic carbocycles. The van der Waals surface area contributed by atoms with Crippen LogP contribution < -0.4 is 14.8 Å². The van der Waals surface area contributed by atoms with E-state index in [1.165, 1.54) is 5.56 Å². The molecule has 4 rings (SSSR count). The lowest BCUT2D eigenvalue weighted by atomic mass is 10.2. The Morgan fingerprint density at radius 3 is 2.31 bits per heavy atom. The van der Waals surface area contributed by atoms with Gasteiger partial charge < -0.3 is 14.8 Å². The van der Waals surface area contributed by atoms with E-state index in [1.54, 1.807) is 43.1 Å². The topological polar surface area (TPSA) is 78.3 Å². The maximum Gasteiger partial charge on any atom is 0.251 e. The van der Waals surface area contributed by atoms with E-state index in [0.717, 1.165) is 26.8 Å². The van der Waals surface area contributed by atoms with Crippen LogP contribution in [0, 0.1) is 0 Å². The van der Waals surface area contributed by atoms with Crippen LogP contribution in [0.2, 0.25) is 0 Å². The number of nitrogens with one attached hydrogen (secondary N) is 1. The Morgan fingerprint density at radius 1 is 0.971 bits per heavy atom. The number of carbonyl (C=O) groups is 1. The fourth-order valence-electron chi connectivity index (χ4n) is 3.36. The summed E-state index contributed by atoms with van der Waals surface area (Å²) >= 11 is 5.06. The third-order valence-corrected chi connectivity index (χ3v) is 6.68. The molecular formula is C26H25BrN4O3S. The Morgan fingerprint density at radius 2 is 1.66 bits per heavy atom. The van der Waals surface area contributed by atoms with E-state index in [-0.39, 0.29) is 12.5 Å². The van der Waals surface area contributed by atoms with Gasteiger partial charge in [-0.2, -0.15) is 0 Å². The zero-order valence-corrected chi connectivity index (χ0v) is 21.8. The number of halogens is 1. The van der Waals surface area contributed by atoms with Crippen molar-refractivity contribution in [1.29, 1.82) is 0 Å². The quantitative estimate of drug-likeness (QED) is 0.256. The van der Waals surface area contributed by atoms with Gasteiger partial charge in [-0.25, -0.2) is 0 Å². The molecule has 1 N–H and O–H groups in total. The second-order valence-electron chi connectivity index (χ2n) is 7.49. The van der Waals surface area contributed by atoms with Gasteiger partial charge in [-0.15, -0.1) is 10.2 Å². The van der Waals surface area contributed by atoms with Crippen molar-refractivity contribution in [2.75, 3.05) is 13.7 Å². The Balaban J connectivity index is 1.55. The number of carbonyl (C=O) groups excluding carboxylic acids is 1. The van der Waals surface area contributed by atoms with Crippen LogP contribution in [0.15, 0.2) is 82.4 Å². The lowest BCUT2D eigenvalue weighted by molar-refractivity contribution is 0.0949. The Bertz CT molecular complexity index is 1260. The monoisotopic (exact) mass is 552 g/mol. The van der Waals surface area contributed by atoms with Crippen LogP contribution in [-0.4, -0.2) is 34.4 Å². The molecule has 0 aliphatic rings. The van der Waals surface area contributed by atoms with E-state index in [9.17, 15) is 4.79 Å². The van der Waals surface area contributed by atoms with Gasteiger partial charge in [-0.1, -0.05) is 39.8 Å². The lowest BCUT2D eigenvalue weighted by Gasteiger charge is -2.12. The first kappa shape index (κ1) is 24.8. The van der Waals surface area contributed by atoms with E-state index in [2.05, 4.69) is 43.6 Å². The van der Waals surface area contributed by atoms with Gasteiger partial charge in [0.1, 0.15) is 11.5 Å². The number of thioether (sulfide) groups is 1. The minimum Gasteiger partial charge on any atom is -0.497 e. The first-order chi connectivity index (χ1) is 17.1. The van der Waals surface area contributed by atoms with Crippen molar-refractivity contribution < 1.29 is 14.3 Å². The van der Waals surface area contributed by atoms with Crippen molar-refractivity contribution in [3.63, 3.8) is 0 Å². The van der Waals surface area contributed by atoms with Crippen molar-refractivity contribution in [3.8, 4) is 17.2 Å². The van der Waals surface area contributed by atoms with Crippen LogP contribution in [-0.2, 0) is 12.3 Å². The third kappa shape index (κ3) is 6.43. The SMILES string of the molecule is CCOc1ccc(-n2c(CNC(=O)c3ccc(OC)cc3)nnc2SCc2ccc(Br)cc2)cc1. The summed E-state index contributed by atoms with van der Waals surface area (Å²) < 4.78 is 13.8. The highest BCUT2D eigenvalue weighted by atomic mass is 79.9. The number of hydrogen-bond acceptors (Lipinski definition) is 6. The summed E-state index contributed by atoms with van der Waals surface area (Å²) in [7, 11) is 1.59. The minimum atomic E-state index is -0.196. The second kappa shape index (κ2) is 11.9. The van der Waals surface area contributed by atoms with Gasteiger partial charge in [0, 0.05) is 21.5 Å². The van der Waals surface area contributed by atoms with E-state index in [4.69, 9.17) is 9.47 Å². The van der Waals surface area contributed by atoms with E-state index in [0.29, 0.717) is 23.7 Å². The predicted molar refractivity (Wildman–Crippen MR) is 140 cm³/mol. The molecule has 0 bridgehead atoms. The molecule has 0 saturated heterocycles. The number of rotatable bonds is 10. The highest BCUT2D eigenvalue weighted by Gasteiger charge is 2.16. The Hall–Kier alpha value is -3.30. The molecule has 1 heterocycles. The summed E-state index contributed by atoms with van der Waals surface area (Å²) in [5, 5.41) is 12.5. The average Bonchev–Trinajstić information content (AvgIpc) is 3.30. The summed E-state index contributed by atoms with van der Waals surface area (Å²) in [6, 6.07) is 22.9. The van der Waals surface area contributed by atoms with Gasteiger partial charge in [0.25, 0.3) is 5.91 Å². The molecule has 35 heavy (non-hydrogen) atoms. The number of ether oxygens (including phenoxy) is 2. The van der Waals surface area contributed by atoms with Crippen molar-refractivity contribution in [2.45, 2.75) is 24.4 Å². The standard InChI is InChI=1S/C26H25BrN4O3S/c1-3-34-23-14-10-21(11-15-23)31-24(16-28-25(32)19-6-12-22(33-2)13-7-19)29-30-26(31)35-17-18-4-8-20(27)9-5-18/h4-15H,3,16-17H2,1-2H3,(H,28,32). The minimum absolute atomic E-state index is 0.196. The van der Waals surface area contributed by atoms with E-state index >= 15 is 0 Å². The fourth-order valence-corrected chi connectivity index (χ4v) is 4.55. The van der Waals surface area contributed by atoms with Crippen LogP contribution >= 0.6 is 27.7 Å². The summed E-state index contributed by atoms with van der Waals surface area (Å²) in [4.78, 5) is 12.7. The van der Waals surface area contributed by atoms with Gasteiger partial charge in [0.15, 0.2) is 11.0 Å². The smallest absolute Gasteiger partial charge is 0.251 e. The molecule has 1 aromatic heterocycles. The summed E-state index contributed by atoms with van der Waals surface area (Å²) in [6.07, 6.45) is 0. The number of hydrogen-bond donors (Lipinski definition) is 1. The molecule has 0 saturated carbocycles. The summed E-state index contributed by atoms with van der Waals surface area (Å²) in [6.45, 7) is 2.78. The van der Waals surface area contributed by atoms with Crippen LogP contribution in [0.25, 0.3) is 5.69 Å². The Labute approximate surface area is 217 Å². The zero-order valence-electron chi connectivity index (χ0n) is 19.4. The normalized spacial score (nSPS) is 10.7. The van der Waals surface area contributed by atoms with Crippen molar-refractivity contribution in [1.82, 2.24) is 20.1 Å². The predicted octanol–water partition coefficient (Wildman–Crippen LogP) is 5.66. The van der Waals surface area contributed by atoms with Crippen LogP contribution in [0.1, 0.15) is 28.7 Å². The largest absolute Gasteiger partial charge is 0.497 e. The van der Waals surface area contributed by atoms with Gasteiger partial charge in [0.2, 0.25) is 0 Å². The molecule has 0 unspecified atom stereocenters. The molecule has 3 aromatic carbocycles. The third-order valence-electron chi connectivity index (χ3n) is 5.15. The lowest BCUT2D eigenvalue weighted by Crippen LogP contribution is -2.24. The molecule has 1 amide bonds. The summed E-state index contributed by atoms with van der Waals surface area (Å²) in [5.41, 5.74) is 2.61. The summed E-state index contributed by atoms with van der Waals surface area (Å²) in [5.74, 6) is 2.67. The van der Waals surface area contributed by atoms with Gasteiger partial charge in [-0.05, 0) is 73.2 Å². The van der Waals surface area contributed by atoms with Crippen LogP contribution in [0.4, 0.5) is 0 Å². The molecule has 0 radical (unpaired) electrons. The number of amides is 1. The van der Waals surface area contributed by atoms with Gasteiger partial charge in [-0.3, -0.25) is 9.36 Å². The first-order valence-corrected chi connectivity index (χ1v) is 12.8. The average molecular weight is 553 g/mol. The molecule has 7 nitrogen and oxygen atoms in total. The fraction of sp³-hybridized carbons (Fsp3) is 0.192. The molecule has 180 valence electrons. The molecule has 0 atom stereocenters. The van der Waals surface area contributed by atoms with Crippen molar-refractivity contribution >= 4 is 33.6 Å². The molecule has 0 aliphatic heterocycles. The molecule has 0 fully saturated rings. The molecule has 4 aromatic rings. The Kier molecular flexibility index (Phi) is 8.44.